The summed E-state index contributed by atoms with van der Waals surface area (Å²) in [5.74, 6) is 1.05. The van der Waals surface area contributed by atoms with Crippen molar-refractivity contribution in [2.45, 2.75) is 63.6 Å². The predicted molar refractivity (Wildman–Crippen MR) is 127 cm³/mol. The number of rotatable bonds is 7. The van der Waals surface area contributed by atoms with Crippen molar-refractivity contribution < 1.29 is 0 Å². The molecule has 0 saturated carbocycles. The number of hydrogen-bond acceptors (Lipinski definition) is 4. The third-order valence-electron chi connectivity index (χ3n) is 5.86. The van der Waals surface area contributed by atoms with Gasteiger partial charge in [0, 0.05) is 22.4 Å². The Morgan fingerprint density at radius 2 is 1.80 bits per heavy atom. The molecule has 1 aliphatic rings. The summed E-state index contributed by atoms with van der Waals surface area (Å²) in [7, 11) is 0. The SMILES string of the molecule is CCCCSc1nc(CCc2ccc(C)cc2)c2c(n1)-c1ccccc1CC2(C)N. The highest BCUT2D eigenvalue weighted by Crippen LogP contribution is 2.41. The average Bonchev–Trinajstić information content (AvgIpc) is 2.73. The Bertz CT molecular complexity index is 1020. The number of aryl methyl sites for hydroxylation is 3. The van der Waals surface area contributed by atoms with Crippen LogP contribution in [-0.2, 0) is 24.8 Å². The monoisotopic (exact) mass is 417 g/mol. The number of aromatic nitrogens is 2. The van der Waals surface area contributed by atoms with Crippen LogP contribution in [0.25, 0.3) is 11.3 Å². The number of unbranched alkanes of at least 4 members (excludes halogenated alkanes) is 1. The summed E-state index contributed by atoms with van der Waals surface area (Å²) in [6, 6.07) is 17.4. The first kappa shape index (κ1) is 21.1. The second kappa shape index (κ2) is 8.91. The topological polar surface area (TPSA) is 51.8 Å². The molecule has 0 saturated heterocycles. The molecule has 0 amide bonds. The molecule has 0 bridgehead atoms. The maximum Gasteiger partial charge on any atom is 0.188 e. The summed E-state index contributed by atoms with van der Waals surface area (Å²) < 4.78 is 0. The maximum absolute atomic E-state index is 6.88. The molecule has 0 radical (unpaired) electrons. The standard InChI is InChI=1S/C26H31N3S/c1-4-5-16-30-25-28-22(15-14-19-12-10-18(2)11-13-19)23-24(29-25)21-9-7-6-8-20(21)17-26(23,3)27/h6-13H,4-5,14-17,27H2,1-3H3. The minimum absolute atomic E-state index is 0.459. The highest BCUT2D eigenvalue weighted by molar-refractivity contribution is 7.99. The lowest BCUT2D eigenvalue weighted by Crippen LogP contribution is -2.40. The zero-order chi connectivity index (χ0) is 21.1. The molecule has 30 heavy (non-hydrogen) atoms. The Balaban J connectivity index is 1.75. The third-order valence-corrected chi connectivity index (χ3v) is 6.80. The Morgan fingerprint density at radius 1 is 1.03 bits per heavy atom. The van der Waals surface area contributed by atoms with Crippen LogP contribution >= 0.6 is 11.8 Å². The second-order valence-corrected chi connectivity index (χ2v) is 9.68. The first-order valence-corrected chi connectivity index (χ1v) is 11.9. The summed E-state index contributed by atoms with van der Waals surface area (Å²) in [5, 5.41) is 0.883. The molecule has 3 aromatic rings. The van der Waals surface area contributed by atoms with Crippen LogP contribution in [0.1, 0.15) is 54.6 Å². The minimum Gasteiger partial charge on any atom is -0.321 e. The van der Waals surface area contributed by atoms with Crippen molar-refractivity contribution in [3.05, 3.63) is 76.5 Å². The molecule has 1 atom stereocenters. The van der Waals surface area contributed by atoms with E-state index in [0.29, 0.717) is 0 Å². The molecule has 1 aliphatic carbocycles. The van der Waals surface area contributed by atoms with Crippen LogP contribution in [0.5, 0.6) is 0 Å². The fourth-order valence-electron chi connectivity index (χ4n) is 4.24. The lowest BCUT2D eigenvalue weighted by molar-refractivity contribution is 0.473. The van der Waals surface area contributed by atoms with Gasteiger partial charge >= 0.3 is 0 Å². The Labute approximate surface area is 184 Å². The Hall–Kier alpha value is -2.17. The molecule has 0 fully saturated rings. The van der Waals surface area contributed by atoms with E-state index in [-0.39, 0.29) is 0 Å². The summed E-state index contributed by atoms with van der Waals surface area (Å²) in [4.78, 5) is 10.1. The largest absolute Gasteiger partial charge is 0.321 e. The fourth-order valence-corrected chi connectivity index (χ4v) is 5.19. The van der Waals surface area contributed by atoms with Crippen LogP contribution in [0, 0.1) is 6.92 Å². The van der Waals surface area contributed by atoms with E-state index in [4.69, 9.17) is 15.7 Å². The van der Waals surface area contributed by atoms with Crippen LogP contribution < -0.4 is 5.73 Å². The fraction of sp³-hybridized carbons (Fsp3) is 0.385. The van der Waals surface area contributed by atoms with Gasteiger partial charge in [-0.2, -0.15) is 0 Å². The van der Waals surface area contributed by atoms with Gasteiger partial charge in [0.05, 0.1) is 11.4 Å². The first-order valence-electron chi connectivity index (χ1n) is 10.9. The summed E-state index contributed by atoms with van der Waals surface area (Å²) in [5.41, 5.74) is 14.8. The molecule has 0 aliphatic heterocycles. The minimum atomic E-state index is -0.459. The van der Waals surface area contributed by atoms with Crippen LogP contribution in [0.15, 0.2) is 53.7 Å². The Kier molecular flexibility index (Phi) is 6.26. The molecule has 4 heteroatoms. The predicted octanol–water partition coefficient (Wildman–Crippen LogP) is 5.86. The zero-order valence-corrected chi connectivity index (χ0v) is 19.1. The zero-order valence-electron chi connectivity index (χ0n) is 18.2. The highest BCUT2D eigenvalue weighted by Gasteiger charge is 2.35. The van der Waals surface area contributed by atoms with E-state index in [2.05, 4.69) is 69.3 Å². The van der Waals surface area contributed by atoms with Gasteiger partial charge in [0.1, 0.15) is 0 Å². The van der Waals surface area contributed by atoms with Crippen molar-refractivity contribution >= 4 is 11.8 Å². The quantitative estimate of drug-likeness (QED) is 0.297. The normalized spacial score (nSPS) is 17.5. The maximum atomic E-state index is 6.88. The van der Waals surface area contributed by atoms with Crippen LogP contribution in [0.2, 0.25) is 0 Å². The van der Waals surface area contributed by atoms with Gasteiger partial charge in [-0.1, -0.05) is 79.2 Å². The van der Waals surface area contributed by atoms with Crippen molar-refractivity contribution in [1.82, 2.24) is 9.97 Å². The van der Waals surface area contributed by atoms with Gasteiger partial charge in [-0.15, -0.1) is 0 Å². The van der Waals surface area contributed by atoms with E-state index in [1.165, 1.54) is 35.1 Å². The smallest absolute Gasteiger partial charge is 0.188 e. The molecule has 1 aromatic heterocycles. The van der Waals surface area contributed by atoms with Crippen LogP contribution in [0.4, 0.5) is 0 Å². The summed E-state index contributed by atoms with van der Waals surface area (Å²) in [6.07, 6.45) is 5.01. The highest BCUT2D eigenvalue weighted by atomic mass is 32.2. The van der Waals surface area contributed by atoms with Gasteiger partial charge < -0.3 is 5.73 Å². The Morgan fingerprint density at radius 3 is 2.57 bits per heavy atom. The summed E-state index contributed by atoms with van der Waals surface area (Å²) >= 11 is 1.77. The number of nitrogens with two attached hydrogens (primary N) is 1. The van der Waals surface area contributed by atoms with Crippen LogP contribution in [0.3, 0.4) is 0 Å². The molecule has 2 aromatic carbocycles. The van der Waals surface area contributed by atoms with Crippen LogP contribution in [-0.4, -0.2) is 15.7 Å². The van der Waals surface area contributed by atoms with E-state index in [1.54, 1.807) is 11.8 Å². The van der Waals surface area contributed by atoms with Gasteiger partial charge in [-0.05, 0) is 50.7 Å². The van der Waals surface area contributed by atoms with Crippen molar-refractivity contribution in [2.75, 3.05) is 5.75 Å². The molecule has 1 heterocycles. The second-order valence-electron chi connectivity index (χ2n) is 8.62. The lowest BCUT2D eigenvalue weighted by atomic mass is 9.76. The van der Waals surface area contributed by atoms with E-state index in [9.17, 15) is 0 Å². The summed E-state index contributed by atoms with van der Waals surface area (Å²) in [6.45, 7) is 6.48. The first-order chi connectivity index (χ1) is 14.5. The van der Waals surface area contributed by atoms with Gasteiger partial charge in [-0.25, -0.2) is 9.97 Å². The number of hydrogen-bond donors (Lipinski definition) is 1. The van der Waals surface area contributed by atoms with Gasteiger partial charge in [0.2, 0.25) is 0 Å². The van der Waals surface area contributed by atoms with E-state index >= 15 is 0 Å². The van der Waals surface area contributed by atoms with E-state index in [0.717, 1.165) is 47.1 Å². The number of nitrogens with zero attached hydrogens (tertiary/aromatic N) is 2. The molecule has 3 nitrogen and oxygen atoms in total. The average molecular weight is 418 g/mol. The molecule has 2 N–H and O–H groups in total. The van der Waals surface area contributed by atoms with E-state index in [1.807, 2.05) is 0 Å². The van der Waals surface area contributed by atoms with Crippen molar-refractivity contribution in [3.63, 3.8) is 0 Å². The molecule has 156 valence electrons. The van der Waals surface area contributed by atoms with Crippen molar-refractivity contribution in [3.8, 4) is 11.3 Å². The molecule has 1 unspecified atom stereocenters. The van der Waals surface area contributed by atoms with Crippen molar-refractivity contribution in [2.24, 2.45) is 5.73 Å². The number of fused-ring (bicyclic) bond motifs is 3. The molecule has 4 rings (SSSR count). The van der Waals surface area contributed by atoms with Gasteiger partial charge in [-0.3, -0.25) is 0 Å². The number of thioether (sulfide) groups is 1. The van der Waals surface area contributed by atoms with Gasteiger partial charge in [0.25, 0.3) is 0 Å². The lowest BCUT2D eigenvalue weighted by Gasteiger charge is -2.35. The third kappa shape index (κ3) is 4.45. The molecular weight excluding hydrogens is 386 g/mol. The molecular formula is C26H31N3S. The van der Waals surface area contributed by atoms with Crippen molar-refractivity contribution in [1.29, 1.82) is 0 Å². The number of benzene rings is 2. The van der Waals surface area contributed by atoms with E-state index < -0.39 is 5.54 Å². The molecule has 0 spiro atoms. The van der Waals surface area contributed by atoms with Gasteiger partial charge in [0.15, 0.2) is 5.16 Å².